The second-order valence-electron chi connectivity index (χ2n) is 4.61. The molecule has 2 nitrogen and oxygen atoms in total. The van der Waals surface area contributed by atoms with Gasteiger partial charge in [0.05, 0.1) is 5.69 Å². The summed E-state index contributed by atoms with van der Waals surface area (Å²) in [6.07, 6.45) is 0. The first-order valence-electron chi connectivity index (χ1n) is 4.62. The zero-order chi connectivity index (χ0) is 10.1. The minimum atomic E-state index is 0.103. The average molecular weight is 198 g/mol. The van der Waals surface area contributed by atoms with Gasteiger partial charge in [-0.1, -0.05) is 13.8 Å². The molecule has 1 N–H and O–H groups in total. The predicted molar refractivity (Wildman–Crippen MR) is 59.6 cm³/mol. The summed E-state index contributed by atoms with van der Waals surface area (Å²) < 4.78 is 0. The molecule has 0 atom stereocenters. The Morgan fingerprint density at radius 3 is 2.38 bits per heavy atom. The molecule has 0 bridgehead atoms. The Hall–Kier alpha value is -0.570. The van der Waals surface area contributed by atoms with Crippen molar-refractivity contribution in [3.05, 3.63) is 11.1 Å². The smallest absolute Gasteiger partial charge is 0.183 e. The molecule has 0 saturated heterocycles. The van der Waals surface area contributed by atoms with Crippen molar-refractivity contribution in [2.75, 3.05) is 5.32 Å². The first kappa shape index (κ1) is 10.5. The number of hydrogen-bond acceptors (Lipinski definition) is 3. The molecule has 0 amide bonds. The van der Waals surface area contributed by atoms with E-state index in [0.717, 1.165) is 5.13 Å². The highest BCUT2D eigenvalue weighted by Gasteiger charge is 2.12. The van der Waals surface area contributed by atoms with Crippen molar-refractivity contribution in [1.82, 2.24) is 4.98 Å². The van der Waals surface area contributed by atoms with E-state index in [9.17, 15) is 0 Å². The molecule has 3 heteroatoms. The predicted octanol–water partition coefficient (Wildman–Crippen LogP) is 3.48. The standard InChI is InChI=1S/C10H18N2S/c1-7(2)8-6-13-9(11-8)12-10(3,4)5/h6-7H,1-5H3,(H,11,12). The molecule has 0 aliphatic heterocycles. The van der Waals surface area contributed by atoms with Gasteiger partial charge in [0.25, 0.3) is 0 Å². The number of hydrogen-bond donors (Lipinski definition) is 1. The SMILES string of the molecule is CC(C)c1csc(NC(C)(C)C)n1. The molecule has 0 aliphatic carbocycles. The largest absolute Gasteiger partial charge is 0.357 e. The summed E-state index contributed by atoms with van der Waals surface area (Å²) in [5.74, 6) is 0.520. The second-order valence-corrected chi connectivity index (χ2v) is 5.47. The minimum absolute atomic E-state index is 0.103. The number of rotatable bonds is 2. The van der Waals surface area contributed by atoms with Crippen LogP contribution in [0.4, 0.5) is 5.13 Å². The zero-order valence-corrected chi connectivity index (χ0v) is 9.83. The van der Waals surface area contributed by atoms with E-state index in [-0.39, 0.29) is 5.54 Å². The molecule has 0 aliphatic rings. The molecule has 0 aromatic carbocycles. The minimum Gasteiger partial charge on any atom is -0.357 e. The Bertz CT molecular complexity index is 271. The normalized spacial score (nSPS) is 12.2. The zero-order valence-electron chi connectivity index (χ0n) is 9.01. The van der Waals surface area contributed by atoms with Gasteiger partial charge in [-0.05, 0) is 26.7 Å². The van der Waals surface area contributed by atoms with E-state index in [1.165, 1.54) is 5.69 Å². The van der Waals surface area contributed by atoms with Crippen LogP contribution in [0.25, 0.3) is 0 Å². The Labute approximate surface area is 84.4 Å². The summed E-state index contributed by atoms with van der Waals surface area (Å²) in [6, 6.07) is 0. The maximum atomic E-state index is 4.50. The van der Waals surface area contributed by atoms with Crippen LogP contribution in [-0.4, -0.2) is 10.5 Å². The molecular formula is C10H18N2S. The number of nitrogens with one attached hydrogen (secondary N) is 1. The lowest BCUT2D eigenvalue weighted by molar-refractivity contribution is 0.632. The first-order chi connectivity index (χ1) is 5.88. The molecule has 74 valence electrons. The Morgan fingerprint density at radius 2 is 2.00 bits per heavy atom. The van der Waals surface area contributed by atoms with E-state index < -0.39 is 0 Å². The fourth-order valence-electron chi connectivity index (χ4n) is 0.930. The van der Waals surface area contributed by atoms with Crippen LogP contribution in [0.1, 0.15) is 46.2 Å². The van der Waals surface area contributed by atoms with Crippen LogP contribution in [0.15, 0.2) is 5.38 Å². The number of anilines is 1. The summed E-state index contributed by atoms with van der Waals surface area (Å²) in [6.45, 7) is 10.8. The van der Waals surface area contributed by atoms with Crippen LogP contribution in [0.3, 0.4) is 0 Å². The van der Waals surface area contributed by atoms with Gasteiger partial charge in [-0.15, -0.1) is 11.3 Å². The lowest BCUT2D eigenvalue weighted by Gasteiger charge is -2.19. The third-order valence-corrected chi connectivity index (χ3v) is 2.37. The number of thiazole rings is 1. The fraction of sp³-hybridized carbons (Fsp3) is 0.700. The lowest BCUT2D eigenvalue weighted by atomic mass is 10.1. The van der Waals surface area contributed by atoms with Gasteiger partial charge in [-0.3, -0.25) is 0 Å². The van der Waals surface area contributed by atoms with E-state index in [4.69, 9.17) is 0 Å². The highest BCUT2D eigenvalue weighted by molar-refractivity contribution is 7.13. The third kappa shape index (κ3) is 3.35. The van der Waals surface area contributed by atoms with Gasteiger partial charge < -0.3 is 5.32 Å². The molecule has 1 heterocycles. The van der Waals surface area contributed by atoms with Crippen molar-refractivity contribution in [2.24, 2.45) is 0 Å². The maximum absolute atomic E-state index is 4.50. The molecule has 0 unspecified atom stereocenters. The summed E-state index contributed by atoms with van der Waals surface area (Å²) in [5.41, 5.74) is 1.28. The van der Waals surface area contributed by atoms with Crippen LogP contribution in [0.2, 0.25) is 0 Å². The van der Waals surface area contributed by atoms with Gasteiger partial charge in [-0.2, -0.15) is 0 Å². The Balaban J connectivity index is 2.70. The number of aromatic nitrogens is 1. The second kappa shape index (κ2) is 3.66. The topological polar surface area (TPSA) is 24.9 Å². The van der Waals surface area contributed by atoms with E-state index in [0.29, 0.717) is 5.92 Å². The van der Waals surface area contributed by atoms with Crippen molar-refractivity contribution in [3.8, 4) is 0 Å². The third-order valence-electron chi connectivity index (χ3n) is 1.60. The van der Waals surface area contributed by atoms with Crippen molar-refractivity contribution in [3.63, 3.8) is 0 Å². The summed E-state index contributed by atoms with van der Waals surface area (Å²) in [4.78, 5) is 4.50. The molecule has 13 heavy (non-hydrogen) atoms. The van der Waals surface area contributed by atoms with E-state index in [1.54, 1.807) is 11.3 Å². The summed E-state index contributed by atoms with van der Waals surface area (Å²) >= 11 is 1.68. The van der Waals surface area contributed by atoms with E-state index >= 15 is 0 Å². The average Bonchev–Trinajstić information content (AvgIpc) is 2.31. The van der Waals surface area contributed by atoms with E-state index in [2.05, 4.69) is 50.3 Å². The van der Waals surface area contributed by atoms with Gasteiger partial charge in [0.2, 0.25) is 0 Å². The molecule has 1 rings (SSSR count). The molecule has 0 saturated carbocycles. The van der Waals surface area contributed by atoms with Gasteiger partial charge in [0, 0.05) is 10.9 Å². The van der Waals surface area contributed by atoms with Crippen molar-refractivity contribution in [1.29, 1.82) is 0 Å². The van der Waals surface area contributed by atoms with Crippen molar-refractivity contribution < 1.29 is 0 Å². The quantitative estimate of drug-likeness (QED) is 0.787. The van der Waals surface area contributed by atoms with Gasteiger partial charge >= 0.3 is 0 Å². The van der Waals surface area contributed by atoms with Crippen molar-refractivity contribution >= 4 is 16.5 Å². The Kier molecular flexibility index (Phi) is 2.96. The molecule has 0 fully saturated rings. The molecule has 0 spiro atoms. The van der Waals surface area contributed by atoms with E-state index in [1.807, 2.05) is 0 Å². The fourth-order valence-corrected chi connectivity index (χ4v) is 2.01. The van der Waals surface area contributed by atoms with Gasteiger partial charge in [-0.25, -0.2) is 4.98 Å². The van der Waals surface area contributed by atoms with Crippen LogP contribution in [0, 0.1) is 0 Å². The van der Waals surface area contributed by atoms with Gasteiger partial charge in [0.1, 0.15) is 0 Å². The first-order valence-corrected chi connectivity index (χ1v) is 5.50. The number of nitrogens with zero attached hydrogens (tertiary/aromatic N) is 1. The van der Waals surface area contributed by atoms with Crippen molar-refractivity contribution in [2.45, 2.75) is 46.1 Å². The lowest BCUT2D eigenvalue weighted by Crippen LogP contribution is -2.25. The molecule has 0 radical (unpaired) electrons. The van der Waals surface area contributed by atoms with Crippen LogP contribution >= 0.6 is 11.3 Å². The summed E-state index contributed by atoms with van der Waals surface area (Å²) in [7, 11) is 0. The Morgan fingerprint density at radius 1 is 1.38 bits per heavy atom. The van der Waals surface area contributed by atoms with Crippen LogP contribution < -0.4 is 5.32 Å². The summed E-state index contributed by atoms with van der Waals surface area (Å²) in [5, 5.41) is 6.51. The van der Waals surface area contributed by atoms with Gasteiger partial charge in [0.15, 0.2) is 5.13 Å². The molecule has 1 aromatic heterocycles. The highest BCUT2D eigenvalue weighted by Crippen LogP contribution is 2.23. The molecular weight excluding hydrogens is 180 g/mol. The van der Waals surface area contributed by atoms with Crippen LogP contribution in [-0.2, 0) is 0 Å². The van der Waals surface area contributed by atoms with Crippen LogP contribution in [0.5, 0.6) is 0 Å². The maximum Gasteiger partial charge on any atom is 0.183 e. The molecule has 1 aromatic rings. The highest BCUT2D eigenvalue weighted by atomic mass is 32.1. The monoisotopic (exact) mass is 198 g/mol.